The minimum atomic E-state index is -1.32. The average Bonchev–Trinajstić information content (AvgIpc) is 2.59. The van der Waals surface area contributed by atoms with Crippen LogP contribution in [-0.2, 0) is 0 Å². The average molecular weight is 356 g/mol. The van der Waals surface area contributed by atoms with Crippen molar-refractivity contribution in [3.63, 3.8) is 0 Å². The Kier molecular flexibility index (Phi) is 5.17. The monoisotopic (exact) mass is 356 g/mol. The molecule has 2 aromatic carbocycles. The summed E-state index contributed by atoms with van der Waals surface area (Å²) in [5.74, 6) is -5.14. The lowest BCUT2D eigenvalue weighted by Crippen LogP contribution is -2.04. The van der Waals surface area contributed by atoms with E-state index >= 15 is 0 Å². The van der Waals surface area contributed by atoms with Crippen molar-refractivity contribution in [2.24, 2.45) is 0 Å². The molecule has 0 heterocycles. The van der Waals surface area contributed by atoms with Crippen molar-refractivity contribution in [1.29, 1.82) is 0 Å². The Morgan fingerprint density at radius 2 is 1.15 bits per heavy atom. The van der Waals surface area contributed by atoms with Crippen LogP contribution in [0.2, 0.25) is 0 Å². The Hall–Kier alpha value is -3.94. The first-order valence-electron chi connectivity index (χ1n) is 7.09. The minimum absolute atomic E-state index is 0.0787. The zero-order valence-corrected chi connectivity index (χ0v) is 13.0. The fraction of sp³-hybridized carbons (Fsp3) is 0. The van der Waals surface area contributed by atoms with Crippen LogP contribution in [0.3, 0.4) is 0 Å². The molecular formula is C18H12O8. The number of rotatable bonds is 6. The molecule has 2 aromatic rings. The first-order valence-corrected chi connectivity index (χ1v) is 7.09. The quantitative estimate of drug-likeness (QED) is 0.577. The third-order valence-electron chi connectivity index (χ3n) is 3.43. The molecule has 8 nitrogen and oxygen atoms in total. The van der Waals surface area contributed by atoms with Gasteiger partial charge in [0, 0.05) is 0 Å². The molecule has 0 bridgehead atoms. The van der Waals surface area contributed by atoms with Gasteiger partial charge in [0.2, 0.25) is 0 Å². The molecule has 0 aliphatic heterocycles. The number of hydrogen-bond acceptors (Lipinski definition) is 4. The zero-order valence-electron chi connectivity index (χ0n) is 13.0. The SMILES string of the molecule is O=C(O)c1cc(/C=C/c2cc(C(=O)O)ccc2C(=O)O)cc(C(=O)O)c1. The largest absolute Gasteiger partial charge is 0.478 e. The van der Waals surface area contributed by atoms with Crippen molar-refractivity contribution < 1.29 is 39.6 Å². The number of carbonyl (C=O) groups is 4. The molecule has 132 valence electrons. The zero-order chi connectivity index (χ0) is 19.4. The molecule has 26 heavy (non-hydrogen) atoms. The van der Waals surface area contributed by atoms with Crippen molar-refractivity contribution in [3.05, 3.63) is 69.8 Å². The first kappa shape index (κ1) is 18.4. The lowest BCUT2D eigenvalue weighted by Gasteiger charge is -2.04. The highest BCUT2D eigenvalue weighted by atomic mass is 16.4. The summed E-state index contributed by atoms with van der Waals surface area (Å²) in [5, 5.41) is 36.3. The van der Waals surface area contributed by atoms with Gasteiger partial charge in [0.05, 0.1) is 22.3 Å². The topological polar surface area (TPSA) is 149 Å². The molecular weight excluding hydrogens is 344 g/mol. The number of carboxylic acid groups (broad SMARTS) is 4. The van der Waals surface area contributed by atoms with Gasteiger partial charge in [0.25, 0.3) is 0 Å². The van der Waals surface area contributed by atoms with Gasteiger partial charge in [-0.15, -0.1) is 0 Å². The van der Waals surface area contributed by atoms with Gasteiger partial charge >= 0.3 is 23.9 Å². The lowest BCUT2D eigenvalue weighted by molar-refractivity contribution is 0.0681. The van der Waals surface area contributed by atoms with Crippen LogP contribution in [0, 0.1) is 0 Å². The van der Waals surface area contributed by atoms with Crippen LogP contribution in [0.5, 0.6) is 0 Å². The normalized spacial score (nSPS) is 10.6. The predicted molar refractivity (Wildman–Crippen MR) is 89.6 cm³/mol. The molecule has 0 spiro atoms. The van der Waals surface area contributed by atoms with E-state index in [-0.39, 0.29) is 33.4 Å². The van der Waals surface area contributed by atoms with E-state index in [0.29, 0.717) is 0 Å². The van der Waals surface area contributed by atoms with E-state index in [0.717, 1.165) is 24.3 Å². The first-order chi connectivity index (χ1) is 12.2. The van der Waals surface area contributed by atoms with E-state index in [1.54, 1.807) is 0 Å². The minimum Gasteiger partial charge on any atom is -0.478 e. The summed E-state index contributed by atoms with van der Waals surface area (Å²) < 4.78 is 0. The van der Waals surface area contributed by atoms with Gasteiger partial charge in [-0.25, -0.2) is 19.2 Å². The number of hydrogen-bond donors (Lipinski definition) is 4. The molecule has 0 saturated carbocycles. The smallest absolute Gasteiger partial charge is 0.336 e. The van der Waals surface area contributed by atoms with Crippen LogP contribution in [-0.4, -0.2) is 44.3 Å². The Labute approximate surface area is 146 Å². The fourth-order valence-electron chi connectivity index (χ4n) is 2.21. The molecule has 0 aliphatic carbocycles. The van der Waals surface area contributed by atoms with Crippen molar-refractivity contribution in [3.8, 4) is 0 Å². The highest BCUT2D eigenvalue weighted by Gasteiger charge is 2.13. The molecule has 0 unspecified atom stereocenters. The second-order valence-electron chi connectivity index (χ2n) is 5.20. The highest BCUT2D eigenvalue weighted by molar-refractivity contribution is 5.98. The van der Waals surface area contributed by atoms with Gasteiger partial charge in [0.1, 0.15) is 0 Å². The Balaban J connectivity index is 2.54. The molecule has 0 amide bonds. The summed E-state index contributed by atoms with van der Waals surface area (Å²) in [6.45, 7) is 0. The van der Waals surface area contributed by atoms with Crippen molar-refractivity contribution in [1.82, 2.24) is 0 Å². The van der Waals surface area contributed by atoms with E-state index in [4.69, 9.17) is 15.3 Å². The number of carboxylic acids is 4. The van der Waals surface area contributed by atoms with Crippen molar-refractivity contribution in [2.75, 3.05) is 0 Å². The number of benzene rings is 2. The predicted octanol–water partition coefficient (Wildman–Crippen LogP) is 2.65. The maximum atomic E-state index is 11.3. The molecule has 0 aliphatic rings. The summed E-state index contributed by atoms with van der Waals surface area (Å²) in [7, 11) is 0. The molecule has 0 saturated heterocycles. The standard InChI is InChI=1S/C18H12O8/c19-15(20)11-3-4-14(18(25)26)10(7-11)2-1-9-5-12(16(21)22)8-13(6-9)17(23)24/h1-8H,(H,19,20)(H,21,22)(H,23,24)(H,25,26)/b2-1+. The second kappa shape index (κ2) is 7.31. The van der Waals surface area contributed by atoms with Gasteiger partial charge in [-0.3, -0.25) is 0 Å². The van der Waals surface area contributed by atoms with Gasteiger partial charge in [-0.05, 0) is 47.5 Å². The van der Waals surface area contributed by atoms with Crippen molar-refractivity contribution in [2.45, 2.75) is 0 Å². The third-order valence-corrected chi connectivity index (χ3v) is 3.43. The van der Waals surface area contributed by atoms with Crippen LogP contribution in [0.4, 0.5) is 0 Å². The van der Waals surface area contributed by atoms with Crippen LogP contribution in [0.15, 0.2) is 36.4 Å². The Bertz CT molecular complexity index is 923. The Morgan fingerprint density at radius 3 is 1.62 bits per heavy atom. The van der Waals surface area contributed by atoms with Crippen molar-refractivity contribution >= 4 is 36.0 Å². The fourth-order valence-corrected chi connectivity index (χ4v) is 2.21. The molecule has 0 atom stereocenters. The van der Waals surface area contributed by atoms with Crippen LogP contribution in [0.25, 0.3) is 12.2 Å². The van der Waals surface area contributed by atoms with E-state index in [1.807, 2.05) is 0 Å². The van der Waals surface area contributed by atoms with Crippen LogP contribution < -0.4 is 0 Å². The molecule has 8 heteroatoms. The van der Waals surface area contributed by atoms with E-state index in [9.17, 15) is 24.3 Å². The van der Waals surface area contributed by atoms with Gasteiger partial charge < -0.3 is 20.4 Å². The summed E-state index contributed by atoms with van der Waals surface area (Å²) in [6.07, 6.45) is 2.59. The molecule has 0 fully saturated rings. The summed E-state index contributed by atoms with van der Waals surface area (Å²) in [6, 6.07) is 6.87. The summed E-state index contributed by atoms with van der Waals surface area (Å²) in [4.78, 5) is 44.5. The van der Waals surface area contributed by atoms with Gasteiger partial charge in [-0.2, -0.15) is 0 Å². The summed E-state index contributed by atoms with van der Waals surface area (Å²) in [5.41, 5.74) is -0.488. The maximum Gasteiger partial charge on any atom is 0.336 e. The van der Waals surface area contributed by atoms with Crippen LogP contribution >= 0.6 is 0 Å². The Morgan fingerprint density at radius 1 is 0.615 bits per heavy atom. The summed E-state index contributed by atoms with van der Waals surface area (Å²) >= 11 is 0. The number of aromatic carboxylic acids is 4. The van der Waals surface area contributed by atoms with E-state index < -0.39 is 23.9 Å². The lowest BCUT2D eigenvalue weighted by atomic mass is 10.0. The third kappa shape index (κ3) is 4.12. The van der Waals surface area contributed by atoms with Gasteiger partial charge in [-0.1, -0.05) is 12.2 Å². The molecule has 0 radical (unpaired) electrons. The molecule has 2 rings (SSSR count). The van der Waals surface area contributed by atoms with E-state index in [1.165, 1.54) is 24.3 Å². The molecule has 4 N–H and O–H groups in total. The molecule has 0 aromatic heterocycles. The highest BCUT2D eigenvalue weighted by Crippen LogP contribution is 2.18. The maximum absolute atomic E-state index is 11.3. The van der Waals surface area contributed by atoms with Crippen LogP contribution in [0.1, 0.15) is 52.6 Å². The second-order valence-corrected chi connectivity index (χ2v) is 5.20. The van der Waals surface area contributed by atoms with Gasteiger partial charge in [0.15, 0.2) is 0 Å². The van der Waals surface area contributed by atoms with E-state index in [2.05, 4.69) is 0 Å².